The predicted molar refractivity (Wildman–Crippen MR) is 59.6 cm³/mol. The lowest BCUT2D eigenvalue weighted by Crippen LogP contribution is -2.55. The minimum atomic E-state index is 0.0143. The van der Waals surface area contributed by atoms with Gasteiger partial charge in [0.05, 0.1) is 6.04 Å². The SMILES string of the molecule is CC1NCCN(CC2CCNCC2)C1=O. The van der Waals surface area contributed by atoms with Crippen LogP contribution in [0.25, 0.3) is 0 Å². The quantitative estimate of drug-likeness (QED) is 0.665. The highest BCUT2D eigenvalue weighted by Crippen LogP contribution is 2.14. The molecule has 4 heteroatoms. The van der Waals surface area contributed by atoms with Gasteiger partial charge in [0, 0.05) is 19.6 Å². The Hall–Kier alpha value is -0.610. The molecule has 1 atom stereocenters. The molecule has 0 radical (unpaired) electrons. The van der Waals surface area contributed by atoms with Crippen molar-refractivity contribution in [2.75, 3.05) is 32.7 Å². The second-order valence-corrected chi connectivity index (χ2v) is 4.65. The number of hydrogen-bond donors (Lipinski definition) is 2. The highest BCUT2D eigenvalue weighted by molar-refractivity contribution is 5.82. The number of piperazine rings is 1. The first-order valence-corrected chi connectivity index (χ1v) is 6.00. The normalized spacial score (nSPS) is 29.5. The van der Waals surface area contributed by atoms with E-state index >= 15 is 0 Å². The number of nitrogens with zero attached hydrogens (tertiary/aromatic N) is 1. The molecule has 15 heavy (non-hydrogen) atoms. The van der Waals surface area contributed by atoms with Gasteiger partial charge in [-0.05, 0) is 38.8 Å². The van der Waals surface area contributed by atoms with E-state index in [4.69, 9.17) is 0 Å². The summed E-state index contributed by atoms with van der Waals surface area (Å²) in [4.78, 5) is 13.9. The van der Waals surface area contributed by atoms with Gasteiger partial charge in [0.2, 0.25) is 5.91 Å². The van der Waals surface area contributed by atoms with Crippen molar-refractivity contribution in [3.05, 3.63) is 0 Å². The van der Waals surface area contributed by atoms with Gasteiger partial charge in [-0.3, -0.25) is 4.79 Å². The number of piperidine rings is 1. The van der Waals surface area contributed by atoms with Crippen LogP contribution in [0, 0.1) is 5.92 Å². The van der Waals surface area contributed by atoms with Crippen molar-refractivity contribution in [1.29, 1.82) is 0 Å². The van der Waals surface area contributed by atoms with Crippen LogP contribution in [0.1, 0.15) is 19.8 Å². The molecule has 2 rings (SSSR count). The van der Waals surface area contributed by atoms with Crippen molar-refractivity contribution in [3.8, 4) is 0 Å². The Kier molecular flexibility index (Phi) is 3.59. The summed E-state index contributed by atoms with van der Waals surface area (Å²) in [7, 11) is 0. The Labute approximate surface area is 91.4 Å². The molecule has 1 unspecified atom stereocenters. The minimum Gasteiger partial charge on any atom is -0.340 e. The third kappa shape index (κ3) is 2.69. The van der Waals surface area contributed by atoms with Crippen LogP contribution in [0.5, 0.6) is 0 Å². The molecule has 0 aliphatic carbocycles. The van der Waals surface area contributed by atoms with Crippen molar-refractivity contribution < 1.29 is 4.79 Å². The number of rotatable bonds is 2. The van der Waals surface area contributed by atoms with E-state index in [2.05, 4.69) is 10.6 Å². The fourth-order valence-electron chi connectivity index (χ4n) is 2.44. The molecule has 2 heterocycles. The summed E-state index contributed by atoms with van der Waals surface area (Å²) in [6.45, 7) is 6.97. The first kappa shape index (κ1) is 10.9. The lowest BCUT2D eigenvalue weighted by molar-refractivity contribution is -0.135. The zero-order valence-electron chi connectivity index (χ0n) is 9.46. The molecule has 2 aliphatic rings. The molecule has 2 aliphatic heterocycles. The molecule has 1 amide bonds. The van der Waals surface area contributed by atoms with E-state index in [1.165, 1.54) is 12.8 Å². The Morgan fingerprint density at radius 3 is 2.80 bits per heavy atom. The average Bonchev–Trinajstić information content (AvgIpc) is 2.26. The summed E-state index contributed by atoms with van der Waals surface area (Å²) in [5.74, 6) is 0.986. The largest absolute Gasteiger partial charge is 0.340 e. The highest BCUT2D eigenvalue weighted by atomic mass is 16.2. The summed E-state index contributed by atoms with van der Waals surface area (Å²) >= 11 is 0. The average molecular weight is 211 g/mol. The van der Waals surface area contributed by atoms with Gasteiger partial charge >= 0.3 is 0 Å². The van der Waals surface area contributed by atoms with Crippen LogP contribution in [0.15, 0.2) is 0 Å². The molecule has 0 saturated carbocycles. The van der Waals surface area contributed by atoms with E-state index in [1.807, 2.05) is 11.8 Å². The molecule has 0 spiro atoms. The Bertz CT molecular complexity index is 226. The third-order valence-electron chi connectivity index (χ3n) is 3.45. The topological polar surface area (TPSA) is 44.4 Å². The van der Waals surface area contributed by atoms with Crippen LogP contribution in [-0.4, -0.2) is 49.6 Å². The summed E-state index contributed by atoms with van der Waals surface area (Å²) in [6, 6.07) is 0.0143. The monoisotopic (exact) mass is 211 g/mol. The number of carbonyl (C=O) groups excluding carboxylic acids is 1. The maximum atomic E-state index is 11.8. The van der Waals surface area contributed by atoms with E-state index < -0.39 is 0 Å². The lowest BCUT2D eigenvalue weighted by atomic mass is 9.97. The van der Waals surface area contributed by atoms with Gasteiger partial charge in [-0.2, -0.15) is 0 Å². The molecule has 4 nitrogen and oxygen atoms in total. The Morgan fingerprint density at radius 1 is 1.33 bits per heavy atom. The molecule has 0 aromatic heterocycles. The number of nitrogens with one attached hydrogen (secondary N) is 2. The van der Waals surface area contributed by atoms with E-state index in [0.29, 0.717) is 5.92 Å². The predicted octanol–water partition coefficient (Wildman–Crippen LogP) is -0.194. The van der Waals surface area contributed by atoms with Crippen LogP contribution in [0.2, 0.25) is 0 Å². The summed E-state index contributed by atoms with van der Waals surface area (Å²) in [5, 5.41) is 6.55. The summed E-state index contributed by atoms with van der Waals surface area (Å²) < 4.78 is 0. The van der Waals surface area contributed by atoms with Crippen LogP contribution in [0.3, 0.4) is 0 Å². The fraction of sp³-hybridized carbons (Fsp3) is 0.909. The highest BCUT2D eigenvalue weighted by Gasteiger charge is 2.26. The molecule has 2 N–H and O–H groups in total. The second kappa shape index (κ2) is 4.94. The molecule has 86 valence electrons. The van der Waals surface area contributed by atoms with Gasteiger partial charge in [-0.15, -0.1) is 0 Å². The van der Waals surface area contributed by atoms with Crippen molar-refractivity contribution in [1.82, 2.24) is 15.5 Å². The molecule has 0 bridgehead atoms. The third-order valence-corrected chi connectivity index (χ3v) is 3.45. The van der Waals surface area contributed by atoms with Gasteiger partial charge in [0.15, 0.2) is 0 Å². The van der Waals surface area contributed by atoms with E-state index in [1.54, 1.807) is 0 Å². The Morgan fingerprint density at radius 2 is 2.07 bits per heavy atom. The van der Waals surface area contributed by atoms with Crippen LogP contribution in [-0.2, 0) is 4.79 Å². The molecule has 2 saturated heterocycles. The zero-order chi connectivity index (χ0) is 10.7. The maximum absolute atomic E-state index is 11.8. The summed E-state index contributed by atoms with van der Waals surface area (Å²) in [5.41, 5.74) is 0. The zero-order valence-corrected chi connectivity index (χ0v) is 9.46. The van der Waals surface area contributed by atoms with Crippen molar-refractivity contribution in [2.45, 2.75) is 25.8 Å². The van der Waals surface area contributed by atoms with Gasteiger partial charge in [0.1, 0.15) is 0 Å². The molecule has 2 fully saturated rings. The second-order valence-electron chi connectivity index (χ2n) is 4.65. The minimum absolute atomic E-state index is 0.0143. The standard InChI is InChI=1S/C11H21N3O/c1-9-11(15)14(7-6-13-9)8-10-2-4-12-5-3-10/h9-10,12-13H,2-8H2,1H3. The molecule has 0 aromatic rings. The van der Waals surface area contributed by atoms with Crippen LogP contribution < -0.4 is 10.6 Å². The fourth-order valence-corrected chi connectivity index (χ4v) is 2.44. The number of carbonyl (C=O) groups is 1. The van der Waals surface area contributed by atoms with Crippen LogP contribution >= 0.6 is 0 Å². The van der Waals surface area contributed by atoms with E-state index in [-0.39, 0.29) is 11.9 Å². The van der Waals surface area contributed by atoms with Crippen molar-refractivity contribution >= 4 is 5.91 Å². The number of hydrogen-bond acceptors (Lipinski definition) is 3. The van der Waals surface area contributed by atoms with Gasteiger partial charge in [-0.1, -0.05) is 0 Å². The van der Waals surface area contributed by atoms with Gasteiger partial charge < -0.3 is 15.5 Å². The van der Waals surface area contributed by atoms with E-state index in [9.17, 15) is 4.79 Å². The summed E-state index contributed by atoms with van der Waals surface area (Å²) in [6.07, 6.45) is 2.43. The van der Waals surface area contributed by atoms with Crippen molar-refractivity contribution in [2.24, 2.45) is 5.92 Å². The Balaban J connectivity index is 1.84. The molecule has 0 aromatic carbocycles. The maximum Gasteiger partial charge on any atom is 0.239 e. The van der Waals surface area contributed by atoms with Crippen molar-refractivity contribution in [3.63, 3.8) is 0 Å². The molecular formula is C11H21N3O. The number of amides is 1. The first-order valence-electron chi connectivity index (χ1n) is 6.00. The smallest absolute Gasteiger partial charge is 0.239 e. The first-order chi connectivity index (χ1) is 7.27. The van der Waals surface area contributed by atoms with Crippen LogP contribution in [0.4, 0.5) is 0 Å². The van der Waals surface area contributed by atoms with E-state index in [0.717, 1.165) is 32.7 Å². The van der Waals surface area contributed by atoms with Gasteiger partial charge in [-0.25, -0.2) is 0 Å². The molecular weight excluding hydrogens is 190 g/mol. The lowest BCUT2D eigenvalue weighted by Gasteiger charge is -2.35. The van der Waals surface area contributed by atoms with Gasteiger partial charge in [0.25, 0.3) is 0 Å².